The molecule has 1 heteroatoms. The molecule has 3 aromatic rings. The summed E-state index contributed by atoms with van der Waals surface area (Å²) >= 11 is 0. The summed E-state index contributed by atoms with van der Waals surface area (Å²) in [5, 5.41) is 0. The van der Waals surface area contributed by atoms with Gasteiger partial charge in [0.2, 0.25) is 0 Å². The summed E-state index contributed by atoms with van der Waals surface area (Å²) in [6.45, 7) is 0. The van der Waals surface area contributed by atoms with E-state index in [9.17, 15) is 0 Å². The van der Waals surface area contributed by atoms with E-state index in [-0.39, 0.29) is 0 Å². The van der Waals surface area contributed by atoms with Crippen LogP contribution in [-0.4, -0.2) is 0 Å². The van der Waals surface area contributed by atoms with Gasteiger partial charge in [0.05, 0.1) is 1.37 Å². The van der Waals surface area contributed by atoms with E-state index in [0.717, 1.165) is 17.1 Å². The lowest BCUT2D eigenvalue weighted by Crippen LogP contribution is -2.09. The average Bonchev–Trinajstić information content (AvgIpc) is 2.52. The average molecular weight is 246 g/mol. The minimum atomic E-state index is 0.523. The first-order valence-corrected chi connectivity index (χ1v) is 6.31. The zero-order valence-corrected chi connectivity index (χ0v) is 10.5. The summed E-state index contributed by atoms with van der Waals surface area (Å²) in [7, 11) is 0. The molecule has 92 valence electrons. The summed E-state index contributed by atoms with van der Waals surface area (Å²) < 4.78 is 7.62. The van der Waals surface area contributed by atoms with Crippen LogP contribution in [0.15, 0.2) is 91.0 Å². The van der Waals surface area contributed by atoms with Crippen molar-refractivity contribution in [2.24, 2.45) is 0 Å². The van der Waals surface area contributed by atoms with E-state index in [1.54, 1.807) is 0 Å². The van der Waals surface area contributed by atoms with E-state index in [0.29, 0.717) is 6.04 Å². The van der Waals surface area contributed by atoms with Gasteiger partial charge in [0, 0.05) is 17.1 Å². The normalized spacial score (nSPS) is 10.8. The third-order valence-electron chi connectivity index (χ3n) is 2.99. The third-order valence-corrected chi connectivity index (χ3v) is 2.99. The number of para-hydroxylation sites is 3. The van der Waals surface area contributed by atoms with Crippen molar-refractivity contribution in [1.29, 1.82) is 0 Å². The zero-order valence-electron chi connectivity index (χ0n) is 11.5. The highest BCUT2D eigenvalue weighted by Gasteiger charge is 2.10. The molecule has 0 bridgehead atoms. The Kier molecular flexibility index (Phi) is 2.95. The fourth-order valence-electron chi connectivity index (χ4n) is 2.13. The first-order chi connectivity index (χ1) is 9.84. The van der Waals surface area contributed by atoms with Crippen molar-refractivity contribution < 1.29 is 1.37 Å². The van der Waals surface area contributed by atoms with Crippen LogP contribution < -0.4 is 4.90 Å². The molecule has 0 amide bonds. The van der Waals surface area contributed by atoms with Gasteiger partial charge >= 0.3 is 0 Å². The van der Waals surface area contributed by atoms with E-state index in [1.165, 1.54) is 0 Å². The maximum absolute atomic E-state index is 7.62. The first-order valence-electron chi connectivity index (χ1n) is 6.81. The van der Waals surface area contributed by atoms with E-state index in [1.807, 2.05) is 60.7 Å². The van der Waals surface area contributed by atoms with Crippen LogP contribution in [0, 0.1) is 0 Å². The first kappa shape index (κ1) is 10.4. The molecule has 0 aliphatic heterocycles. The fraction of sp³-hybridized carbons (Fsp3) is 0. The Morgan fingerprint density at radius 2 is 0.895 bits per heavy atom. The molecule has 0 N–H and O–H groups in total. The number of hydrogen-bond donors (Lipinski definition) is 0. The van der Waals surface area contributed by atoms with Gasteiger partial charge in [-0.15, -0.1) is 0 Å². The molecule has 0 aliphatic rings. The molecule has 1 nitrogen and oxygen atoms in total. The van der Waals surface area contributed by atoms with Crippen LogP contribution in [-0.2, 0) is 0 Å². The second-order valence-electron chi connectivity index (χ2n) is 4.26. The molecule has 3 rings (SSSR count). The van der Waals surface area contributed by atoms with Crippen molar-refractivity contribution >= 4 is 17.1 Å². The largest absolute Gasteiger partial charge is 0.311 e. The number of nitrogens with zero attached hydrogens (tertiary/aromatic N) is 1. The maximum atomic E-state index is 7.62. The van der Waals surface area contributed by atoms with Crippen LogP contribution in [0.3, 0.4) is 0 Å². The lowest BCUT2D eigenvalue weighted by molar-refractivity contribution is 1.28. The molecule has 0 saturated carbocycles. The Balaban J connectivity index is 2.11. The molecule has 0 aliphatic carbocycles. The molecule has 3 aromatic carbocycles. The number of hydrogen-bond acceptors (Lipinski definition) is 1. The van der Waals surface area contributed by atoms with Crippen LogP contribution in [0.2, 0.25) is 0 Å². The van der Waals surface area contributed by atoms with Gasteiger partial charge in [0.15, 0.2) is 0 Å². The zero-order chi connectivity index (χ0) is 13.8. The predicted molar refractivity (Wildman–Crippen MR) is 81.1 cm³/mol. The molecule has 0 unspecified atom stereocenters. The second kappa shape index (κ2) is 5.40. The highest BCUT2D eigenvalue weighted by atomic mass is 15.1. The maximum Gasteiger partial charge on any atom is 0.0623 e. The number of benzene rings is 3. The molecule has 0 fully saturated rings. The predicted octanol–water partition coefficient (Wildman–Crippen LogP) is 5.16. The lowest BCUT2D eigenvalue weighted by Gasteiger charge is -2.25. The van der Waals surface area contributed by atoms with Crippen LogP contribution in [0.5, 0.6) is 0 Å². The molecule has 0 heterocycles. The summed E-state index contributed by atoms with van der Waals surface area (Å²) in [5.74, 6) is 0. The summed E-state index contributed by atoms with van der Waals surface area (Å²) in [4.78, 5) is 2.18. The van der Waals surface area contributed by atoms with Crippen molar-refractivity contribution in [3.05, 3.63) is 91.0 Å². The molecular formula is C18H15N. The van der Waals surface area contributed by atoms with Gasteiger partial charge in [0.1, 0.15) is 0 Å². The molecule has 0 atom stereocenters. The Morgan fingerprint density at radius 1 is 0.526 bits per heavy atom. The summed E-state index contributed by atoms with van der Waals surface area (Å²) in [5.41, 5.74) is 3.27. The highest BCUT2D eigenvalue weighted by Crippen LogP contribution is 2.33. The number of rotatable bonds is 3. The Bertz CT molecular complexity index is 623. The highest BCUT2D eigenvalue weighted by molar-refractivity contribution is 5.76. The third kappa shape index (κ3) is 2.50. The van der Waals surface area contributed by atoms with Gasteiger partial charge in [-0.2, -0.15) is 0 Å². The Labute approximate surface area is 115 Å². The van der Waals surface area contributed by atoms with Gasteiger partial charge in [0.25, 0.3) is 0 Å². The van der Waals surface area contributed by atoms with E-state index < -0.39 is 0 Å². The number of anilines is 3. The van der Waals surface area contributed by atoms with Gasteiger partial charge in [-0.05, 0) is 36.4 Å². The molecular weight excluding hydrogens is 230 g/mol. The minimum absolute atomic E-state index is 0.523. The SMILES string of the molecule is [2H]c1ccc(N(c2ccccc2)c2ccccc2)cc1. The minimum Gasteiger partial charge on any atom is -0.311 e. The van der Waals surface area contributed by atoms with E-state index in [4.69, 9.17) is 1.37 Å². The smallest absolute Gasteiger partial charge is 0.0623 e. The molecule has 0 radical (unpaired) electrons. The van der Waals surface area contributed by atoms with Crippen molar-refractivity contribution in [2.75, 3.05) is 4.90 Å². The second-order valence-corrected chi connectivity index (χ2v) is 4.26. The van der Waals surface area contributed by atoms with Crippen LogP contribution in [0.4, 0.5) is 17.1 Å². The fourth-order valence-corrected chi connectivity index (χ4v) is 2.13. The quantitative estimate of drug-likeness (QED) is 0.617. The van der Waals surface area contributed by atoms with Crippen LogP contribution in [0.25, 0.3) is 0 Å². The van der Waals surface area contributed by atoms with Crippen molar-refractivity contribution in [3.8, 4) is 0 Å². The van der Waals surface area contributed by atoms with Gasteiger partial charge in [-0.25, -0.2) is 0 Å². The Hall–Kier alpha value is -2.54. The van der Waals surface area contributed by atoms with E-state index in [2.05, 4.69) is 29.2 Å². The molecule has 0 spiro atoms. The van der Waals surface area contributed by atoms with Crippen molar-refractivity contribution in [2.45, 2.75) is 0 Å². The molecule has 19 heavy (non-hydrogen) atoms. The van der Waals surface area contributed by atoms with E-state index >= 15 is 0 Å². The lowest BCUT2D eigenvalue weighted by atomic mass is 10.2. The van der Waals surface area contributed by atoms with Gasteiger partial charge in [-0.1, -0.05) is 54.6 Å². The van der Waals surface area contributed by atoms with Gasteiger partial charge < -0.3 is 4.90 Å². The Morgan fingerprint density at radius 3 is 1.32 bits per heavy atom. The standard InChI is InChI=1S/C18H15N/c1-4-10-16(11-5-1)19(17-12-6-2-7-13-17)18-14-8-3-9-15-18/h1-15H/i1D. The van der Waals surface area contributed by atoms with Crippen LogP contribution in [0.1, 0.15) is 1.37 Å². The van der Waals surface area contributed by atoms with Crippen LogP contribution >= 0.6 is 0 Å². The summed E-state index contributed by atoms with van der Waals surface area (Å²) in [6, 6.07) is 28.6. The van der Waals surface area contributed by atoms with Crippen molar-refractivity contribution in [3.63, 3.8) is 0 Å². The van der Waals surface area contributed by atoms with Gasteiger partial charge in [-0.3, -0.25) is 0 Å². The van der Waals surface area contributed by atoms with Crippen molar-refractivity contribution in [1.82, 2.24) is 0 Å². The molecule has 0 aromatic heterocycles. The topological polar surface area (TPSA) is 3.24 Å². The molecule has 0 saturated heterocycles. The summed E-state index contributed by atoms with van der Waals surface area (Å²) in [6.07, 6.45) is 0. The monoisotopic (exact) mass is 246 g/mol.